The van der Waals surface area contributed by atoms with E-state index >= 15 is 0 Å². The Morgan fingerprint density at radius 1 is 1.00 bits per heavy atom. The van der Waals surface area contributed by atoms with E-state index in [9.17, 15) is 18.0 Å². The van der Waals surface area contributed by atoms with Crippen molar-refractivity contribution in [3.8, 4) is 22.6 Å². The Hall–Kier alpha value is -4.08. The van der Waals surface area contributed by atoms with Crippen LogP contribution in [0.25, 0.3) is 11.1 Å². The van der Waals surface area contributed by atoms with Crippen molar-refractivity contribution in [2.45, 2.75) is 26.1 Å². The number of carbonyl (C=O) groups excluding carboxylic acids is 1. The summed E-state index contributed by atoms with van der Waals surface area (Å²) in [6.45, 7) is 4.25. The number of fused-ring (bicyclic) bond motifs is 1. The minimum Gasteiger partial charge on any atom is -0.485 e. The van der Waals surface area contributed by atoms with Crippen LogP contribution in [0.5, 0.6) is 11.5 Å². The molecule has 0 saturated carbocycles. The number of rotatable bonds is 3. The molecular weight excluding hydrogens is 453 g/mol. The molecule has 10 heteroatoms. The summed E-state index contributed by atoms with van der Waals surface area (Å²) in [5.41, 5.74) is 5.14. The zero-order valence-electron chi connectivity index (χ0n) is 18.2. The van der Waals surface area contributed by atoms with E-state index in [4.69, 9.17) is 19.4 Å². The number of nitrogens with zero attached hydrogens (tertiary/aromatic N) is 1. The highest BCUT2D eigenvalue weighted by atomic mass is 19.4. The van der Waals surface area contributed by atoms with Gasteiger partial charge in [-0.1, -0.05) is 18.2 Å². The van der Waals surface area contributed by atoms with Crippen LogP contribution < -0.4 is 14.8 Å². The number of hydrogen-bond donors (Lipinski definition) is 2. The first-order chi connectivity index (χ1) is 16.1. The van der Waals surface area contributed by atoms with Crippen LogP contribution in [-0.2, 0) is 9.59 Å². The number of ether oxygens (including phenoxy) is 2. The summed E-state index contributed by atoms with van der Waals surface area (Å²) in [7, 11) is 0. The quantitative estimate of drug-likeness (QED) is 0.567. The molecule has 2 N–H and O–H groups in total. The molecule has 0 aliphatic carbocycles. The molecule has 1 aliphatic heterocycles. The molecule has 34 heavy (non-hydrogen) atoms. The SMILES string of the molecule is Cc1c(NC(=O)C2COc3ccccc3O2)ccc(-c2ccncc2)c1C.O=C(O)C(F)(F)F. The van der Waals surface area contributed by atoms with Gasteiger partial charge < -0.3 is 19.9 Å². The predicted molar refractivity (Wildman–Crippen MR) is 118 cm³/mol. The van der Waals surface area contributed by atoms with Gasteiger partial charge >= 0.3 is 12.1 Å². The third kappa shape index (κ3) is 5.83. The topological polar surface area (TPSA) is 97.8 Å². The molecule has 4 rings (SSSR count). The summed E-state index contributed by atoms with van der Waals surface area (Å²) in [6, 6.07) is 15.2. The van der Waals surface area contributed by atoms with Crippen molar-refractivity contribution in [3.63, 3.8) is 0 Å². The second-order valence-corrected chi connectivity index (χ2v) is 7.30. The number of amides is 1. The maximum absolute atomic E-state index is 12.7. The van der Waals surface area contributed by atoms with E-state index in [2.05, 4.69) is 17.2 Å². The van der Waals surface area contributed by atoms with Crippen molar-refractivity contribution in [2.75, 3.05) is 11.9 Å². The Bertz CT molecular complexity index is 1180. The maximum Gasteiger partial charge on any atom is 0.490 e. The fourth-order valence-electron chi connectivity index (χ4n) is 3.16. The largest absolute Gasteiger partial charge is 0.490 e. The Morgan fingerprint density at radius 3 is 2.24 bits per heavy atom. The number of para-hydroxylation sites is 2. The number of carbonyl (C=O) groups is 2. The number of carboxylic acid groups (broad SMARTS) is 1. The average molecular weight is 474 g/mol. The second kappa shape index (κ2) is 10.2. The number of nitrogens with one attached hydrogen (secondary N) is 1. The van der Waals surface area contributed by atoms with Gasteiger partial charge in [-0.15, -0.1) is 0 Å². The van der Waals surface area contributed by atoms with Crippen LogP contribution in [0, 0.1) is 13.8 Å². The summed E-state index contributed by atoms with van der Waals surface area (Å²) in [5, 5.41) is 10.1. The summed E-state index contributed by atoms with van der Waals surface area (Å²) in [5.74, 6) is -1.73. The molecule has 1 aromatic heterocycles. The number of aliphatic carboxylic acids is 1. The highest BCUT2D eigenvalue weighted by molar-refractivity contribution is 5.96. The second-order valence-electron chi connectivity index (χ2n) is 7.30. The summed E-state index contributed by atoms with van der Waals surface area (Å²) in [6.07, 6.45) is -2.21. The molecule has 7 nitrogen and oxygen atoms in total. The van der Waals surface area contributed by atoms with Crippen LogP contribution in [-0.4, -0.2) is 40.9 Å². The Morgan fingerprint density at radius 2 is 1.62 bits per heavy atom. The van der Waals surface area contributed by atoms with Gasteiger partial charge in [-0.25, -0.2) is 4.79 Å². The van der Waals surface area contributed by atoms with E-state index in [-0.39, 0.29) is 12.5 Å². The fraction of sp³-hybridized carbons (Fsp3) is 0.208. The molecular formula is C24H21F3N2O5. The van der Waals surface area contributed by atoms with Crippen molar-refractivity contribution in [1.29, 1.82) is 0 Å². The number of alkyl halides is 3. The first-order valence-corrected chi connectivity index (χ1v) is 10.1. The number of carboxylic acids is 1. The summed E-state index contributed by atoms with van der Waals surface area (Å²) < 4.78 is 43.2. The summed E-state index contributed by atoms with van der Waals surface area (Å²) >= 11 is 0. The Kier molecular flexibility index (Phi) is 7.40. The van der Waals surface area contributed by atoms with E-state index in [1.807, 2.05) is 49.4 Å². The number of benzene rings is 2. The van der Waals surface area contributed by atoms with Gasteiger partial charge in [0.05, 0.1) is 0 Å². The molecule has 0 spiro atoms. The normalized spacial score (nSPS) is 14.4. The van der Waals surface area contributed by atoms with Crippen LogP contribution in [0.3, 0.4) is 0 Å². The Balaban J connectivity index is 0.000000406. The lowest BCUT2D eigenvalue weighted by Crippen LogP contribution is -2.40. The summed E-state index contributed by atoms with van der Waals surface area (Å²) in [4.78, 5) is 25.6. The molecule has 1 amide bonds. The van der Waals surface area contributed by atoms with Crippen LogP contribution in [0.2, 0.25) is 0 Å². The van der Waals surface area contributed by atoms with E-state index in [0.717, 1.165) is 27.9 Å². The lowest BCUT2D eigenvalue weighted by molar-refractivity contribution is -0.192. The van der Waals surface area contributed by atoms with Crippen molar-refractivity contribution in [2.24, 2.45) is 0 Å². The third-order valence-corrected chi connectivity index (χ3v) is 5.08. The zero-order chi connectivity index (χ0) is 24.9. The van der Waals surface area contributed by atoms with E-state index < -0.39 is 18.2 Å². The van der Waals surface area contributed by atoms with Crippen molar-refractivity contribution >= 4 is 17.6 Å². The highest BCUT2D eigenvalue weighted by Gasteiger charge is 2.38. The van der Waals surface area contributed by atoms with Gasteiger partial charge in [0, 0.05) is 18.1 Å². The molecule has 0 radical (unpaired) electrons. The Labute approximate surface area is 193 Å². The van der Waals surface area contributed by atoms with Gasteiger partial charge in [0.15, 0.2) is 11.5 Å². The lowest BCUT2D eigenvalue weighted by Gasteiger charge is -2.26. The van der Waals surface area contributed by atoms with E-state index in [1.54, 1.807) is 18.5 Å². The van der Waals surface area contributed by atoms with Crippen molar-refractivity contribution < 1.29 is 37.3 Å². The predicted octanol–water partition coefficient (Wildman–Crippen LogP) is 4.78. The highest BCUT2D eigenvalue weighted by Crippen LogP contribution is 2.32. The van der Waals surface area contributed by atoms with Gasteiger partial charge in [-0.05, 0) is 66.4 Å². The smallest absolute Gasteiger partial charge is 0.485 e. The van der Waals surface area contributed by atoms with Gasteiger partial charge in [0.2, 0.25) is 6.10 Å². The minimum atomic E-state index is -5.08. The van der Waals surface area contributed by atoms with Gasteiger partial charge in [-0.2, -0.15) is 13.2 Å². The van der Waals surface area contributed by atoms with Crippen LogP contribution in [0.15, 0.2) is 60.9 Å². The molecule has 1 unspecified atom stereocenters. The minimum absolute atomic E-state index is 0.190. The average Bonchev–Trinajstić information content (AvgIpc) is 2.82. The number of anilines is 1. The van der Waals surface area contributed by atoms with Gasteiger partial charge in [-0.3, -0.25) is 9.78 Å². The number of aromatic nitrogens is 1. The van der Waals surface area contributed by atoms with Crippen LogP contribution >= 0.6 is 0 Å². The van der Waals surface area contributed by atoms with E-state index in [0.29, 0.717) is 11.5 Å². The van der Waals surface area contributed by atoms with Gasteiger partial charge in [0.25, 0.3) is 5.91 Å². The van der Waals surface area contributed by atoms with Crippen LogP contribution in [0.1, 0.15) is 11.1 Å². The molecule has 178 valence electrons. The molecule has 1 atom stereocenters. The van der Waals surface area contributed by atoms with Crippen molar-refractivity contribution in [1.82, 2.24) is 4.98 Å². The maximum atomic E-state index is 12.7. The van der Waals surface area contributed by atoms with Crippen molar-refractivity contribution in [3.05, 3.63) is 72.1 Å². The van der Waals surface area contributed by atoms with Crippen LogP contribution in [0.4, 0.5) is 18.9 Å². The standard InChI is InChI=1S/C22H20N2O3.C2HF3O2/c1-14-15(2)18(8-7-17(14)16-9-11-23-12-10-16)24-22(25)21-13-26-19-5-3-4-6-20(19)27-21;3-2(4,5)1(6)7/h3-12,21H,13H2,1-2H3,(H,24,25);(H,6,7). The molecule has 2 heterocycles. The molecule has 1 aliphatic rings. The molecule has 0 saturated heterocycles. The monoisotopic (exact) mass is 474 g/mol. The molecule has 0 fully saturated rings. The number of halogens is 3. The fourth-order valence-corrected chi connectivity index (χ4v) is 3.16. The number of pyridine rings is 1. The zero-order valence-corrected chi connectivity index (χ0v) is 18.2. The molecule has 0 bridgehead atoms. The van der Waals surface area contributed by atoms with E-state index in [1.165, 1.54) is 0 Å². The first-order valence-electron chi connectivity index (χ1n) is 10.1. The lowest BCUT2D eigenvalue weighted by atomic mass is 9.96. The first kappa shape index (κ1) is 24.6. The molecule has 3 aromatic rings. The third-order valence-electron chi connectivity index (χ3n) is 5.08. The van der Waals surface area contributed by atoms with Gasteiger partial charge in [0.1, 0.15) is 6.61 Å². The number of hydrogen-bond acceptors (Lipinski definition) is 5. The molecule has 2 aromatic carbocycles.